The van der Waals surface area contributed by atoms with E-state index in [0.717, 1.165) is 6.08 Å². The first kappa shape index (κ1) is 19.9. The Bertz CT molecular complexity index is 668. The molecule has 4 atom stereocenters. The van der Waals surface area contributed by atoms with Gasteiger partial charge >= 0.3 is 11.9 Å². The molecule has 8 heteroatoms. The van der Waals surface area contributed by atoms with Gasteiger partial charge in [0.15, 0.2) is 5.60 Å². The molecule has 0 heterocycles. The molecule has 2 rings (SSSR count). The van der Waals surface area contributed by atoms with Crippen LogP contribution in [0.5, 0.6) is 5.75 Å². The SMILES string of the molecule is CCO[C@@]1(C(=O)O)C[C@@H](O)[C@@H](O)[C@H](OC(=O)/C=C/c2ccc(O)cc2)C1. The molecule has 0 radical (unpaired) electrons. The maximum absolute atomic E-state index is 12.0. The Morgan fingerprint density at radius 1 is 1.23 bits per heavy atom. The maximum atomic E-state index is 12.0. The Morgan fingerprint density at radius 2 is 1.88 bits per heavy atom. The third-order valence-corrected chi connectivity index (χ3v) is 4.23. The van der Waals surface area contributed by atoms with Crippen molar-refractivity contribution in [3.8, 4) is 5.75 Å². The number of carbonyl (C=O) groups excluding carboxylic acids is 1. The van der Waals surface area contributed by atoms with Crippen molar-refractivity contribution in [1.82, 2.24) is 0 Å². The molecule has 1 aromatic carbocycles. The number of benzene rings is 1. The summed E-state index contributed by atoms with van der Waals surface area (Å²) in [5, 5.41) is 38.7. The van der Waals surface area contributed by atoms with Gasteiger partial charge < -0.3 is 29.9 Å². The summed E-state index contributed by atoms with van der Waals surface area (Å²) in [6.45, 7) is 1.71. The molecular weight excluding hydrogens is 344 g/mol. The molecule has 0 saturated heterocycles. The second-order valence-electron chi connectivity index (χ2n) is 6.10. The standard InChI is InChI=1S/C18H22O8/c1-2-25-18(17(23)24)9-13(20)16(22)14(10-18)26-15(21)8-5-11-3-6-12(19)7-4-11/h3-8,13-14,16,19-20,22H,2,9-10H2,1H3,(H,23,24)/b8-5+/t13-,14-,16-,18+/m1/s1. The molecule has 142 valence electrons. The number of esters is 1. The van der Waals surface area contributed by atoms with E-state index >= 15 is 0 Å². The third kappa shape index (κ3) is 4.60. The van der Waals surface area contributed by atoms with Crippen molar-refractivity contribution in [2.24, 2.45) is 0 Å². The minimum atomic E-state index is -1.72. The highest BCUT2D eigenvalue weighted by Gasteiger charge is 2.52. The van der Waals surface area contributed by atoms with E-state index in [2.05, 4.69) is 0 Å². The smallest absolute Gasteiger partial charge is 0.336 e. The lowest BCUT2D eigenvalue weighted by Gasteiger charge is -2.41. The Hall–Kier alpha value is -2.42. The highest BCUT2D eigenvalue weighted by atomic mass is 16.6. The number of ether oxygens (including phenoxy) is 2. The quantitative estimate of drug-likeness (QED) is 0.427. The maximum Gasteiger partial charge on any atom is 0.336 e. The van der Waals surface area contributed by atoms with Crippen LogP contribution in [0.25, 0.3) is 6.08 Å². The van der Waals surface area contributed by atoms with Crippen molar-refractivity contribution in [2.45, 2.75) is 43.7 Å². The van der Waals surface area contributed by atoms with Crippen LogP contribution in [-0.2, 0) is 19.1 Å². The van der Waals surface area contributed by atoms with E-state index in [1.165, 1.54) is 18.2 Å². The Balaban J connectivity index is 2.08. The molecule has 0 spiro atoms. The number of aliphatic hydroxyl groups is 2. The first-order valence-corrected chi connectivity index (χ1v) is 8.18. The van der Waals surface area contributed by atoms with E-state index in [1.807, 2.05) is 0 Å². The van der Waals surface area contributed by atoms with Crippen molar-refractivity contribution in [3.63, 3.8) is 0 Å². The number of carbonyl (C=O) groups is 2. The minimum absolute atomic E-state index is 0.0879. The van der Waals surface area contributed by atoms with Gasteiger partial charge in [-0.3, -0.25) is 0 Å². The molecule has 1 aliphatic rings. The summed E-state index contributed by atoms with van der Waals surface area (Å²) in [5.74, 6) is -2.00. The molecule has 1 fully saturated rings. The lowest BCUT2D eigenvalue weighted by molar-refractivity contribution is -0.206. The fourth-order valence-corrected chi connectivity index (χ4v) is 2.92. The summed E-state index contributed by atoms with van der Waals surface area (Å²) in [5.41, 5.74) is -1.09. The fourth-order valence-electron chi connectivity index (χ4n) is 2.92. The van der Waals surface area contributed by atoms with Gasteiger partial charge in [-0.2, -0.15) is 0 Å². The number of rotatable bonds is 6. The topological polar surface area (TPSA) is 134 Å². The van der Waals surface area contributed by atoms with E-state index in [0.29, 0.717) is 5.56 Å². The fraction of sp³-hybridized carbons (Fsp3) is 0.444. The molecule has 4 N–H and O–H groups in total. The van der Waals surface area contributed by atoms with E-state index in [4.69, 9.17) is 9.47 Å². The molecular formula is C18H22O8. The first-order chi connectivity index (χ1) is 12.3. The lowest BCUT2D eigenvalue weighted by atomic mass is 9.79. The Labute approximate surface area is 150 Å². The number of carboxylic acids is 1. The second kappa shape index (κ2) is 8.31. The number of aliphatic carboxylic acids is 1. The predicted octanol–water partition coefficient (Wildman–Crippen LogP) is 0.693. The normalized spacial score (nSPS) is 28.8. The largest absolute Gasteiger partial charge is 0.508 e. The molecule has 0 aliphatic heterocycles. The average Bonchev–Trinajstić information content (AvgIpc) is 2.59. The number of hydrogen-bond donors (Lipinski definition) is 4. The zero-order valence-corrected chi connectivity index (χ0v) is 14.2. The van der Waals surface area contributed by atoms with Crippen molar-refractivity contribution >= 4 is 18.0 Å². The van der Waals surface area contributed by atoms with Crippen LogP contribution in [0.4, 0.5) is 0 Å². The van der Waals surface area contributed by atoms with Crippen LogP contribution < -0.4 is 0 Å². The van der Waals surface area contributed by atoms with Gasteiger partial charge in [-0.1, -0.05) is 12.1 Å². The highest BCUT2D eigenvalue weighted by molar-refractivity contribution is 5.87. The molecule has 26 heavy (non-hydrogen) atoms. The summed E-state index contributed by atoms with van der Waals surface area (Å²) in [7, 11) is 0. The molecule has 0 bridgehead atoms. The second-order valence-corrected chi connectivity index (χ2v) is 6.10. The number of phenols is 1. The number of carboxylic acid groups (broad SMARTS) is 1. The van der Waals surface area contributed by atoms with Crippen molar-refractivity contribution in [2.75, 3.05) is 6.61 Å². The van der Waals surface area contributed by atoms with Crippen LogP contribution in [0.2, 0.25) is 0 Å². The van der Waals surface area contributed by atoms with E-state index in [1.54, 1.807) is 19.1 Å². The van der Waals surface area contributed by atoms with Gasteiger partial charge in [0.05, 0.1) is 6.10 Å². The molecule has 1 aliphatic carbocycles. The van der Waals surface area contributed by atoms with Crippen LogP contribution in [0.1, 0.15) is 25.3 Å². The summed E-state index contributed by atoms with van der Waals surface area (Å²) < 4.78 is 10.4. The zero-order chi connectivity index (χ0) is 19.3. The highest BCUT2D eigenvalue weighted by Crippen LogP contribution is 2.34. The Morgan fingerprint density at radius 3 is 2.46 bits per heavy atom. The van der Waals surface area contributed by atoms with Crippen molar-refractivity contribution in [1.29, 1.82) is 0 Å². The average molecular weight is 366 g/mol. The van der Waals surface area contributed by atoms with Gasteiger partial charge in [0.25, 0.3) is 0 Å². The molecule has 8 nitrogen and oxygen atoms in total. The van der Waals surface area contributed by atoms with Crippen LogP contribution in [0, 0.1) is 0 Å². The zero-order valence-electron chi connectivity index (χ0n) is 14.2. The summed E-state index contributed by atoms with van der Waals surface area (Å²) in [4.78, 5) is 23.6. The molecule has 1 saturated carbocycles. The number of phenolic OH excluding ortho intramolecular Hbond substituents is 1. The van der Waals surface area contributed by atoms with Crippen molar-refractivity contribution < 1.29 is 39.5 Å². The number of aromatic hydroxyl groups is 1. The van der Waals surface area contributed by atoms with E-state index in [-0.39, 0.29) is 25.2 Å². The van der Waals surface area contributed by atoms with E-state index < -0.39 is 35.9 Å². The van der Waals surface area contributed by atoms with Gasteiger partial charge in [-0.25, -0.2) is 9.59 Å². The molecule has 0 unspecified atom stereocenters. The van der Waals surface area contributed by atoms with Crippen LogP contribution >= 0.6 is 0 Å². The lowest BCUT2D eigenvalue weighted by Crippen LogP contribution is -2.58. The van der Waals surface area contributed by atoms with Gasteiger partial charge in [0.2, 0.25) is 0 Å². The van der Waals surface area contributed by atoms with Gasteiger partial charge in [0, 0.05) is 25.5 Å². The van der Waals surface area contributed by atoms with E-state index in [9.17, 15) is 30.0 Å². The summed E-state index contributed by atoms with van der Waals surface area (Å²) in [6, 6.07) is 6.08. The van der Waals surface area contributed by atoms with Gasteiger partial charge in [-0.15, -0.1) is 0 Å². The predicted molar refractivity (Wildman–Crippen MR) is 90.3 cm³/mol. The number of hydrogen-bond acceptors (Lipinski definition) is 7. The first-order valence-electron chi connectivity index (χ1n) is 8.18. The molecule has 0 amide bonds. The summed E-state index contributed by atoms with van der Waals surface area (Å²) >= 11 is 0. The summed E-state index contributed by atoms with van der Waals surface area (Å²) in [6.07, 6.45) is -2.04. The van der Waals surface area contributed by atoms with Crippen LogP contribution in [0.15, 0.2) is 30.3 Å². The third-order valence-electron chi connectivity index (χ3n) is 4.23. The molecule has 1 aromatic rings. The van der Waals surface area contributed by atoms with Crippen LogP contribution in [0.3, 0.4) is 0 Å². The van der Waals surface area contributed by atoms with Crippen LogP contribution in [-0.4, -0.2) is 62.9 Å². The molecule has 0 aromatic heterocycles. The van der Waals surface area contributed by atoms with Gasteiger partial charge in [0.1, 0.15) is 18.0 Å². The minimum Gasteiger partial charge on any atom is -0.508 e. The number of aliphatic hydroxyl groups excluding tert-OH is 2. The van der Waals surface area contributed by atoms with Crippen molar-refractivity contribution in [3.05, 3.63) is 35.9 Å². The Kier molecular flexibility index (Phi) is 6.36. The van der Waals surface area contributed by atoms with Gasteiger partial charge in [-0.05, 0) is 30.7 Å². The monoisotopic (exact) mass is 366 g/mol.